The number of fused-ring (bicyclic) bond motifs is 1. The van der Waals surface area contributed by atoms with E-state index in [1.54, 1.807) is 0 Å². The maximum absolute atomic E-state index is 4.44. The second kappa shape index (κ2) is 3.91. The second-order valence-electron chi connectivity index (χ2n) is 4.63. The summed E-state index contributed by atoms with van der Waals surface area (Å²) in [5.41, 5.74) is 4.03. The Kier molecular flexibility index (Phi) is 2.40. The molecular weight excluding hydrogens is 198 g/mol. The molecule has 0 bridgehead atoms. The molecule has 84 valence electrons. The van der Waals surface area contributed by atoms with Gasteiger partial charge in [-0.25, -0.2) is 4.52 Å². The van der Waals surface area contributed by atoms with E-state index in [0.29, 0.717) is 5.92 Å². The topological polar surface area (TPSA) is 29.3 Å². The lowest BCUT2D eigenvalue weighted by Crippen LogP contribution is -2.28. The number of hydrogen-bond donors (Lipinski definition) is 1. The van der Waals surface area contributed by atoms with Gasteiger partial charge in [-0.1, -0.05) is 6.07 Å². The van der Waals surface area contributed by atoms with E-state index < -0.39 is 0 Å². The standard InChI is InChI=1S/C13H17N3/c1-10-4-3-7-16-13(10)12(9-15-16)11-5-2-6-14-8-11/h3-4,7,9,11,14H,2,5-6,8H2,1H3. The van der Waals surface area contributed by atoms with Gasteiger partial charge in [0.1, 0.15) is 0 Å². The Labute approximate surface area is 95.5 Å². The van der Waals surface area contributed by atoms with E-state index in [1.165, 1.54) is 29.5 Å². The molecule has 3 heteroatoms. The smallest absolute Gasteiger partial charge is 0.0725 e. The highest BCUT2D eigenvalue weighted by Gasteiger charge is 2.19. The number of nitrogens with one attached hydrogen (secondary N) is 1. The summed E-state index contributed by atoms with van der Waals surface area (Å²) in [6.07, 6.45) is 6.62. The van der Waals surface area contributed by atoms with Gasteiger partial charge < -0.3 is 5.32 Å². The van der Waals surface area contributed by atoms with Crippen molar-refractivity contribution in [1.82, 2.24) is 14.9 Å². The van der Waals surface area contributed by atoms with Crippen molar-refractivity contribution in [3.63, 3.8) is 0 Å². The number of aromatic nitrogens is 2. The average Bonchev–Trinajstić information content (AvgIpc) is 2.75. The van der Waals surface area contributed by atoms with E-state index in [4.69, 9.17) is 0 Å². The normalized spacial score (nSPS) is 21.4. The fraction of sp³-hybridized carbons (Fsp3) is 0.462. The zero-order valence-corrected chi connectivity index (χ0v) is 9.61. The van der Waals surface area contributed by atoms with E-state index >= 15 is 0 Å². The first kappa shape index (κ1) is 9.85. The van der Waals surface area contributed by atoms with E-state index in [0.717, 1.165) is 13.1 Å². The van der Waals surface area contributed by atoms with Crippen LogP contribution in [0.4, 0.5) is 0 Å². The molecule has 0 radical (unpaired) electrons. The third kappa shape index (κ3) is 1.52. The lowest BCUT2D eigenvalue weighted by atomic mass is 9.92. The number of pyridine rings is 1. The third-order valence-corrected chi connectivity index (χ3v) is 3.51. The van der Waals surface area contributed by atoms with Gasteiger partial charge in [0.05, 0.1) is 11.7 Å². The Morgan fingerprint density at radius 2 is 2.44 bits per heavy atom. The molecule has 1 saturated heterocycles. The maximum Gasteiger partial charge on any atom is 0.0725 e. The highest BCUT2D eigenvalue weighted by atomic mass is 15.2. The number of piperidine rings is 1. The van der Waals surface area contributed by atoms with Crippen LogP contribution in [0.2, 0.25) is 0 Å². The zero-order chi connectivity index (χ0) is 11.0. The van der Waals surface area contributed by atoms with Gasteiger partial charge in [-0.3, -0.25) is 0 Å². The molecule has 0 saturated carbocycles. The highest BCUT2D eigenvalue weighted by molar-refractivity contribution is 5.61. The van der Waals surface area contributed by atoms with Gasteiger partial charge in [0.15, 0.2) is 0 Å². The first-order valence-electron chi connectivity index (χ1n) is 6.00. The van der Waals surface area contributed by atoms with Crippen molar-refractivity contribution >= 4 is 5.52 Å². The van der Waals surface area contributed by atoms with E-state index in [-0.39, 0.29) is 0 Å². The Morgan fingerprint density at radius 1 is 1.50 bits per heavy atom. The number of aryl methyl sites for hydroxylation is 1. The molecule has 1 fully saturated rings. The van der Waals surface area contributed by atoms with Crippen molar-refractivity contribution in [3.05, 3.63) is 35.7 Å². The summed E-state index contributed by atoms with van der Waals surface area (Å²) in [7, 11) is 0. The third-order valence-electron chi connectivity index (χ3n) is 3.51. The molecule has 0 aromatic carbocycles. The molecule has 3 nitrogen and oxygen atoms in total. The largest absolute Gasteiger partial charge is 0.316 e. The molecule has 1 aliphatic rings. The zero-order valence-electron chi connectivity index (χ0n) is 9.61. The summed E-state index contributed by atoms with van der Waals surface area (Å²) < 4.78 is 2.00. The summed E-state index contributed by atoms with van der Waals surface area (Å²) in [5, 5.41) is 7.91. The minimum absolute atomic E-state index is 0.632. The number of rotatable bonds is 1. The molecule has 3 rings (SSSR count). The van der Waals surface area contributed by atoms with Crippen molar-refractivity contribution in [1.29, 1.82) is 0 Å². The van der Waals surface area contributed by atoms with Crippen molar-refractivity contribution in [2.75, 3.05) is 13.1 Å². The van der Waals surface area contributed by atoms with Crippen LogP contribution in [0.1, 0.15) is 29.9 Å². The van der Waals surface area contributed by atoms with Gasteiger partial charge in [0, 0.05) is 24.2 Å². The number of hydrogen-bond acceptors (Lipinski definition) is 2. The van der Waals surface area contributed by atoms with Crippen LogP contribution in [0.15, 0.2) is 24.5 Å². The van der Waals surface area contributed by atoms with Crippen molar-refractivity contribution in [3.8, 4) is 0 Å². The van der Waals surface area contributed by atoms with Crippen LogP contribution in [-0.4, -0.2) is 22.7 Å². The van der Waals surface area contributed by atoms with Gasteiger partial charge in [0.2, 0.25) is 0 Å². The summed E-state index contributed by atoms with van der Waals surface area (Å²) in [6, 6.07) is 4.22. The fourth-order valence-corrected chi connectivity index (χ4v) is 2.66. The van der Waals surface area contributed by atoms with Crippen LogP contribution >= 0.6 is 0 Å². The van der Waals surface area contributed by atoms with E-state index in [9.17, 15) is 0 Å². The molecule has 0 spiro atoms. The van der Waals surface area contributed by atoms with Gasteiger partial charge in [0.25, 0.3) is 0 Å². The summed E-state index contributed by atoms with van der Waals surface area (Å²) in [5.74, 6) is 0.632. The average molecular weight is 215 g/mol. The van der Waals surface area contributed by atoms with Crippen molar-refractivity contribution < 1.29 is 0 Å². The van der Waals surface area contributed by atoms with Crippen molar-refractivity contribution in [2.24, 2.45) is 0 Å². The van der Waals surface area contributed by atoms with E-state index in [2.05, 4.69) is 29.5 Å². The van der Waals surface area contributed by atoms with Crippen LogP contribution in [0.3, 0.4) is 0 Å². The molecule has 1 atom stereocenters. The predicted molar refractivity (Wildman–Crippen MR) is 64.8 cm³/mol. The van der Waals surface area contributed by atoms with Crippen LogP contribution in [0, 0.1) is 6.92 Å². The molecule has 1 unspecified atom stereocenters. The molecule has 0 aliphatic carbocycles. The number of nitrogens with zero attached hydrogens (tertiary/aromatic N) is 2. The van der Waals surface area contributed by atoms with E-state index in [1.807, 2.05) is 16.9 Å². The Balaban J connectivity index is 2.09. The molecule has 1 N–H and O–H groups in total. The fourth-order valence-electron chi connectivity index (χ4n) is 2.66. The minimum atomic E-state index is 0.632. The second-order valence-corrected chi connectivity index (χ2v) is 4.63. The van der Waals surface area contributed by atoms with Crippen molar-refractivity contribution in [2.45, 2.75) is 25.7 Å². The predicted octanol–water partition coefficient (Wildman–Crippen LogP) is 2.11. The summed E-state index contributed by atoms with van der Waals surface area (Å²) >= 11 is 0. The highest BCUT2D eigenvalue weighted by Crippen LogP contribution is 2.28. The van der Waals surface area contributed by atoms with Crippen LogP contribution in [0.5, 0.6) is 0 Å². The Morgan fingerprint density at radius 3 is 3.25 bits per heavy atom. The first-order valence-corrected chi connectivity index (χ1v) is 6.00. The van der Waals surface area contributed by atoms with Crippen LogP contribution < -0.4 is 5.32 Å². The van der Waals surface area contributed by atoms with Crippen LogP contribution in [-0.2, 0) is 0 Å². The minimum Gasteiger partial charge on any atom is -0.316 e. The lowest BCUT2D eigenvalue weighted by molar-refractivity contribution is 0.463. The molecule has 0 amide bonds. The Hall–Kier alpha value is -1.35. The molecule has 3 heterocycles. The molecule has 2 aromatic heterocycles. The Bertz CT molecular complexity index is 495. The van der Waals surface area contributed by atoms with Gasteiger partial charge in [-0.2, -0.15) is 5.10 Å². The molecule has 2 aromatic rings. The van der Waals surface area contributed by atoms with Crippen LogP contribution in [0.25, 0.3) is 5.52 Å². The monoisotopic (exact) mass is 215 g/mol. The summed E-state index contributed by atoms with van der Waals surface area (Å²) in [4.78, 5) is 0. The van der Waals surface area contributed by atoms with Gasteiger partial charge >= 0.3 is 0 Å². The summed E-state index contributed by atoms with van der Waals surface area (Å²) in [6.45, 7) is 4.42. The van der Waals surface area contributed by atoms with Gasteiger partial charge in [-0.15, -0.1) is 0 Å². The quantitative estimate of drug-likeness (QED) is 0.789. The molecule has 16 heavy (non-hydrogen) atoms. The SMILES string of the molecule is Cc1cccn2ncc(C3CCCNC3)c12. The van der Waals surface area contributed by atoms with Gasteiger partial charge in [-0.05, 0) is 37.9 Å². The molecular formula is C13H17N3. The molecule has 1 aliphatic heterocycles. The lowest BCUT2D eigenvalue weighted by Gasteiger charge is -2.22. The maximum atomic E-state index is 4.44. The first-order chi connectivity index (χ1) is 7.86.